The fraction of sp³-hybridized carbons (Fsp3) is 0.133. The van der Waals surface area contributed by atoms with Crippen LogP contribution in [0.25, 0.3) is 10.9 Å². The molecule has 7 heteroatoms. The van der Waals surface area contributed by atoms with E-state index in [1.165, 1.54) is 35.6 Å². The Bertz CT molecular complexity index is 874. The monoisotopic (exact) mass is 317 g/mol. The van der Waals surface area contributed by atoms with Crippen LogP contribution >= 0.6 is 11.3 Å². The topological polar surface area (TPSA) is 74.8 Å². The van der Waals surface area contributed by atoms with Crippen molar-refractivity contribution in [3.63, 3.8) is 0 Å². The number of rotatable bonds is 4. The zero-order chi connectivity index (χ0) is 15.5. The maximum absolute atomic E-state index is 13.1. The first kappa shape index (κ1) is 14.4. The van der Waals surface area contributed by atoms with Crippen molar-refractivity contribution in [2.24, 2.45) is 0 Å². The number of hydrogen-bond donors (Lipinski definition) is 2. The molecule has 3 aromatic rings. The lowest BCUT2D eigenvalue weighted by Gasteiger charge is -2.05. The molecule has 0 aliphatic rings. The Labute approximate surface area is 128 Å². The molecule has 3 rings (SSSR count). The highest BCUT2D eigenvalue weighted by atomic mass is 32.1. The Morgan fingerprint density at radius 3 is 3.00 bits per heavy atom. The number of aromatic nitrogens is 2. The number of fused-ring (bicyclic) bond motifs is 1. The maximum atomic E-state index is 13.1. The van der Waals surface area contributed by atoms with E-state index >= 15 is 0 Å². The molecular formula is C15H12FN3O2S. The first-order chi connectivity index (χ1) is 10.6. The minimum Gasteiger partial charge on any atom is -0.351 e. The van der Waals surface area contributed by atoms with Crippen LogP contribution in [0.1, 0.15) is 16.1 Å². The van der Waals surface area contributed by atoms with Crippen molar-refractivity contribution in [2.75, 3.05) is 6.54 Å². The SMILES string of the molecule is O=C(NCCc1cscn1)c1cc2ccc(F)cc2[nH]c1=O. The Kier molecular flexibility index (Phi) is 3.97. The zero-order valence-electron chi connectivity index (χ0n) is 11.4. The van der Waals surface area contributed by atoms with E-state index in [9.17, 15) is 14.0 Å². The molecule has 0 aliphatic heterocycles. The predicted molar refractivity (Wildman–Crippen MR) is 82.7 cm³/mol. The van der Waals surface area contributed by atoms with Crippen LogP contribution in [-0.2, 0) is 6.42 Å². The molecule has 2 N–H and O–H groups in total. The summed E-state index contributed by atoms with van der Waals surface area (Å²) in [6, 6.07) is 5.49. The third kappa shape index (κ3) is 3.04. The number of amides is 1. The lowest BCUT2D eigenvalue weighted by molar-refractivity contribution is 0.0953. The van der Waals surface area contributed by atoms with Crippen LogP contribution in [0, 0.1) is 5.82 Å². The van der Waals surface area contributed by atoms with Crippen LogP contribution in [0.3, 0.4) is 0 Å². The number of carbonyl (C=O) groups is 1. The molecule has 2 aromatic heterocycles. The average molecular weight is 317 g/mol. The second-order valence-electron chi connectivity index (χ2n) is 4.73. The molecule has 1 amide bonds. The van der Waals surface area contributed by atoms with E-state index in [4.69, 9.17) is 0 Å². The summed E-state index contributed by atoms with van der Waals surface area (Å²) in [6.07, 6.45) is 0.603. The van der Waals surface area contributed by atoms with Crippen molar-refractivity contribution in [3.8, 4) is 0 Å². The fourth-order valence-corrected chi connectivity index (χ4v) is 2.70. The van der Waals surface area contributed by atoms with Gasteiger partial charge >= 0.3 is 0 Å². The molecule has 0 radical (unpaired) electrons. The van der Waals surface area contributed by atoms with Crippen LogP contribution in [0.4, 0.5) is 4.39 Å². The number of hydrogen-bond acceptors (Lipinski definition) is 4. The quantitative estimate of drug-likeness (QED) is 0.774. The van der Waals surface area contributed by atoms with Gasteiger partial charge in [-0.15, -0.1) is 11.3 Å². The van der Waals surface area contributed by atoms with E-state index in [1.54, 1.807) is 5.51 Å². The smallest absolute Gasteiger partial charge is 0.261 e. The second-order valence-corrected chi connectivity index (χ2v) is 5.45. The van der Waals surface area contributed by atoms with Gasteiger partial charge in [0.1, 0.15) is 11.4 Å². The summed E-state index contributed by atoms with van der Waals surface area (Å²) in [7, 11) is 0. The summed E-state index contributed by atoms with van der Waals surface area (Å²) >= 11 is 1.49. The van der Waals surface area contributed by atoms with E-state index in [2.05, 4.69) is 15.3 Å². The molecule has 0 fully saturated rings. The van der Waals surface area contributed by atoms with Crippen molar-refractivity contribution in [1.29, 1.82) is 0 Å². The van der Waals surface area contributed by atoms with Crippen molar-refractivity contribution in [3.05, 3.63) is 62.6 Å². The van der Waals surface area contributed by atoms with Gasteiger partial charge in [0.2, 0.25) is 0 Å². The molecule has 0 atom stereocenters. The molecule has 0 spiro atoms. The largest absolute Gasteiger partial charge is 0.351 e. The van der Waals surface area contributed by atoms with Crippen LogP contribution < -0.4 is 10.9 Å². The number of carbonyl (C=O) groups excluding carboxylic acids is 1. The van der Waals surface area contributed by atoms with Gasteiger partial charge in [-0.05, 0) is 29.7 Å². The molecule has 112 valence electrons. The summed E-state index contributed by atoms with van der Waals surface area (Å²) in [4.78, 5) is 30.6. The van der Waals surface area contributed by atoms with Gasteiger partial charge in [-0.2, -0.15) is 0 Å². The van der Waals surface area contributed by atoms with Gasteiger partial charge < -0.3 is 10.3 Å². The normalized spacial score (nSPS) is 10.8. The maximum Gasteiger partial charge on any atom is 0.261 e. The number of nitrogens with one attached hydrogen (secondary N) is 2. The Balaban J connectivity index is 1.77. The molecular weight excluding hydrogens is 305 g/mol. The van der Waals surface area contributed by atoms with Crippen molar-refractivity contribution in [2.45, 2.75) is 6.42 Å². The van der Waals surface area contributed by atoms with Gasteiger partial charge in [-0.1, -0.05) is 0 Å². The van der Waals surface area contributed by atoms with Crippen LogP contribution in [0.15, 0.2) is 40.0 Å². The van der Waals surface area contributed by atoms with E-state index in [0.717, 1.165) is 5.69 Å². The number of halogens is 1. The molecule has 22 heavy (non-hydrogen) atoms. The lowest BCUT2D eigenvalue weighted by Crippen LogP contribution is -2.31. The van der Waals surface area contributed by atoms with Crippen molar-refractivity contribution >= 4 is 28.1 Å². The van der Waals surface area contributed by atoms with Crippen LogP contribution in [0.2, 0.25) is 0 Å². The molecule has 0 bridgehead atoms. The van der Waals surface area contributed by atoms with E-state index in [1.807, 2.05) is 5.38 Å². The second kappa shape index (κ2) is 6.07. The molecule has 1 aromatic carbocycles. The number of pyridine rings is 1. The van der Waals surface area contributed by atoms with Gasteiger partial charge in [0.25, 0.3) is 11.5 Å². The standard InChI is InChI=1S/C15H12FN3O2S/c16-10-2-1-9-5-12(15(21)19-13(9)6-10)14(20)17-4-3-11-7-22-8-18-11/h1-2,5-8H,3-4H2,(H,17,20)(H,19,21). The number of aromatic amines is 1. The Hall–Kier alpha value is -2.54. The minimum atomic E-state index is -0.538. The zero-order valence-corrected chi connectivity index (χ0v) is 12.2. The summed E-state index contributed by atoms with van der Waals surface area (Å²) in [5.41, 5.74) is 2.46. The van der Waals surface area contributed by atoms with Gasteiger partial charge in [0.15, 0.2) is 0 Å². The third-order valence-corrected chi connectivity index (χ3v) is 3.84. The molecule has 0 saturated heterocycles. The third-order valence-electron chi connectivity index (χ3n) is 3.20. The van der Waals surface area contributed by atoms with Gasteiger partial charge in [-0.25, -0.2) is 9.37 Å². The van der Waals surface area contributed by atoms with E-state index < -0.39 is 17.3 Å². The average Bonchev–Trinajstić information content (AvgIpc) is 2.99. The van der Waals surface area contributed by atoms with Gasteiger partial charge in [0, 0.05) is 18.3 Å². The van der Waals surface area contributed by atoms with Crippen molar-refractivity contribution in [1.82, 2.24) is 15.3 Å². The summed E-state index contributed by atoms with van der Waals surface area (Å²) in [6.45, 7) is 0.392. The van der Waals surface area contributed by atoms with E-state index in [-0.39, 0.29) is 5.56 Å². The molecule has 2 heterocycles. The molecule has 0 saturated carbocycles. The Morgan fingerprint density at radius 1 is 1.36 bits per heavy atom. The van der Waals surface area contributed by atoms with Crippen LogP contribution in [-0.4, -0.2) is 22.4 Å². The summed E-state index contributed by atoms with van der Waals surface area (Å²) in [5, 5.41) is 5.19. The highest BCUT2D eigenvalue weighted by molar-refractivity contribution is 7.07. The van der Waals surface area contributed by atoms with Crippen LogP contribution in [0.5, 0.6) is 0 Å². The minimum absolute atomic E-state index is 0.0115. The highest BCUT2D eigenvalue weighted by Crippen LogP contribution is 2.12. The van der Waals surface area contributed by atoms with Gasteiger partial charge in [0.05, 0.1) is 16.7 Å². The Morgan fingerprint density at radius 2 is 2.23 bits per heavy atom. The molecule has 5 nitrogen and oxygen atoms in total. The van der Waals surface area contributed by atoms with Gasteiger partial charge in [-0.3, -0.25) is 9.59 Å². The highest BCUT2D eigenvalue weighted by Gasteiger charge is 2.12. The first-order valence-corrected chi connectivity index (χ1v) is 7.55. The summed E-state index contributed by atoms with van der Waals surface area (Å²) in [5.74, 6) is -0.897. The number of benzene rings is 1. The number of H-pyrrole nitrogens is 1. The fourth-order valence-electron chi connectivity index (χ4n) is 2.10. The number of thiazole rings is 1. The van der Waals surface area contributed by atoms with Crippen molar-refractivity contribution < 1.29 is 9.18 Å². The first-order valence-electron chi connectivity index (χ1n) is 6.61. The lowest BCUT2D eigenvalue weighted by atomic mass is 10.1. The summed E-state index contributed by atoms with van der Waals surface area (Å²) < 4.78 is 13.1. The predicted octanol–water partition coefficient (Wildman–Crippen LogP) is 2.10. The molecule has 0 unspecified atom stereocenters. The number of nitrogens with zero attached hydrogens (tertiary/aromatic N) is 1. The van der Waals surface area contributed by atoms with E-state index in [0.29, 0.717) is 23.9 Å². The molecule has 0 aliphatic carbocycles.